The largest absolute Gasteiger partial charge is 0.497 e. The van der Waals surface area contributed by atoms with Crippen molar-refractivity contribution in [3.05, 3.63) is 90.5 Å². The Bertz CT molecular complexity index is 1820. The molecule has 7 rings (SSSR count). The normalized spacial score (nSPS) is 16.2. The van der Waals surface area contributed by atoms with E-state index >= 15 is 0 Å². The third kappa shape index (κ3) is 9.84. The molecule has 1 atom stereocenters. The highest BCUT2D eigenvalue weighted by molar-refractivity contribution is 8.00. The average molecular weight is 766 g/mol. The van der Waals surface area contributed by atoms with Crippen LogP contribution in [0.4, 0.5) is 35.9 Å². The lowest BCUT2D eigenvalue weighted by molar-refractivity contribution is -0.137. The molecule has 3 aliphatic rings. The Hall–Kier alpha value is -3.39. The first-order chi connectivity index (χ1) is 25.5. The molecular formula is C41H50F3N5O2S2. The van der Waals surface area contributed by atoms with E-state index in [1.807, 2.05) is 47.0 Å². The van der Waals surface area contributed by atoms with Gasteiger partial charge in [0.25, 0.3) is 0 Å². The summed E-state index contributed by atoms with van der Waals surface area (Å²) in [6, 6.07) is 27.0. The molecule has 0 amide bonds. The number of nitrogens with zero attached hydrogens (tertiary/aromatic N) is 5. The van der Waals surface area contributed by atoms with Gasteiger partial charge < -0.3 is 29.4 Å². The number of ether oxygens (including phenoxy) is 1. The highest BCUT2D eigenvalue weighted by Crippen LogP contribution is 2.50. The van der Waals surface area contributed by atoms with Crippen molar-refractivity contribution >= 4 is 46.3 Å². The Morgan fingerprint density at radius 1 is 0.717 bits per heavy atom. The van der Waals surface area contributed by atoms with Gasteiger partial charge in [-0.3, -0.25) is 4.90 Å². The maximum Gasteiger partial charge on any atom is 0.416 e. The summed E-state index contributed by atoms with van der Waals surface area (Å²) < 4.78 is 45.4. The zero-order valence-corrected chi connectivity index (χ0v) is 32.6. The number of halogens is 3. The van der Waals surface area contributed by atoms with E-state index in [4.69, 9.17) is 9.84 Å². The molecule has 1 saturated heterocycles. The van der Waals surface area contributed by atoms with Crippen molar-refractivity contribution in [1.29, 1.82) is 0 Å². The Morgan fingerprint density at radius 2 is 1.26 bits per heavy atom. The molecule has 1 fully saturated rings. The van der Waals surface area contributed by atoms with Crippen LogP contribution in [0.5, 0.6) is 5.75 Å². The fourth-order valence-electron chi connectivity index (χ4n) is 7.20. The molecule has 0 aromatic heterocycles. The molecule has 12 heteroatoms. The highest BCUT2D eigenvalue weighted by Gasteiger charge is 2.33. The second-order valence-electron chi connectivity index (χ2n) is 14.0. The van der Waals surface area contributed by atoms with Crippen molar-refractivity contribution in [2.75, 3.05) is 96.5 Å². The molecule has 4 aromatic carbocycles. The summed E-state index contributed by atoms with van der Waals surface area (Å²) in [6.45, 7) is 10.7. The smallest absolute Gasteiger partial charge is 0.416 e. The zero-order valence-electron chi connectivity index (χ0n) is 31.0. The van der Waals surface area contributed by atoms with E-state index in [0.29, 0.717) is 24.7 Å². The van der Waals surface area contributed by atoms with Crippen LogP contribution in [-0.2, 0) is 6.18 Å². The van der Waals surface area contributed by atoms with Crippen LogP contribution >= 0.6 is 23.5 Å². The van der Waals surface area contributed by atoms with Gasteiger partial charge in [-0.25, -0.2) is 0 Å². The lowest BCUT2D eigenvalue weighted by Crippen LogP contribution is -2.47. The number of anilines is 4. The van der Waals surface area contributed by atoms with Crippen molar-refractivity contribution in [1.82, 2.24) is 14.7 Å². The minimum Gasteiger partial charge on any atom is -0.497 e. The Morgan fingerprint density at radius 3 is 1.85 bits per heavy atom. The van der Waals surface area contributed by atoms with E-state index in [0.717, 1.165) is 73.5 Å². The number of β-amino-alcohol motifs (C(OH)–C–C–N with tert-alkyl or cyclic N) is 1. The van der Waals surface area contributed by atoms with Gasteiger partial charge in [0.2, 0.25) is 0 Å². The third-order valence-corrected chi connectivity index (χ3v) is 12.0. The Labute approximate surface area is 320 Å². The van der Waals surface area contributed by atoms with Crippen LogP contribution in [0.25, 0.3) is 0 Å². The number of fused-ring (bicyclic) bond motifs is 4. The van der Waals surface area contributed by atoms with Gasteiger partial charge in [0.1, 0.15) is 5.75 Å². The fourth-order valence-corrected chi connectivity index (χ4v) is 9.35. The molecule has 0 spiro atoms. The number of para-hydroxylation sites is 2. The molecule has 0 saturated carbocycles. The third-order valence-electron chi connectivity index (χ3n) is 9.69. The molecular weight excluding hydrogens is 716 g/mol. The Kier molecular flexibility index (Phi) is 13.2. The molecule has 0 unspecified atom stereocenters. The summed E-state index contributed by atoms with van der Waals surface area (Å²) in [6.07, 6.45) is -3.48. The molecule has 0 radical (unpaired) electrons. The first-order valence-corrected chi connectivity index (χ1v) is 19.9. The number of piperazine rings is 1. The number of aliphatic hydroxyl groups is 1. The van der Waals surface area contributed by atoms with Crippen LogP contribution < -0.4 is 14.5 Å². The number of benzene rings is 4. The fraction of sp³-hybridized carbons (Fsp3) is 0.415. The van der Waals surface area contributed by atoms with E-state index in [1.165, 1.54) is 45.1 Å². The molecule has 1 N–H and O–H groups in total. The molecule has 3 aliphatic heterocycles. The van der Waals surface area contributed by atoms with Gasteiger partial charge in [0.15, 0.2) is 0 Å². The maximum atomic E-state index is 13.3. The molecule has 3 heterocycles. The van der Waals surface area contributed by atoms with Gasteiger partial charge >= 0.3 is 6.18 Å². The predicted molar refractivity (Wildman–Crippen MR) is 212 cm³/mol. The van der Waals surface area contributed by atoms with E-state index in [2.05, 4.69) is 77.0 Å². The van der Waals surface area contributed by atoms with E-state index in [9.17, 15) is 13.2 Å². The molecule has 284 valence electrons. The van der Waals surface area contributed by atoms with E-state index < -0.39 is 11.7 Å². The number of hydrogen-bond donors (Lipinski definition) is 1. The average Bonchev–Trinajstić information content (AvgIpc) is 3.14. The SMILES string of the molecule is COc1ccc2c(c1)N(C[C@H](C)CN(C)C)c1ccccc1S2.OCCN1CCN(CCCN2c3ccccc3Sc3ccc(C(F)(F)F)cc32)CC1. The standard InChI is InChI=1S/C22H26F3N3OS.C19H24N2OS/c23-22(24,25)17-6-7-21-19(16-17)28(18-4-1-2-5-20(18)30-21)9-3-8-26-10-12-27(13-11-26)14-15-29;1-14(12-20(2)3)13-21-16-7-5-6-8-18(16)23-19-10-9-15(22-4)11-17(19)21/h1-2,4-7,16,29H,3,8-15H2;5-11,14H,12-13H2,1-4H3/t;14-/m.1/s1. The number of hydrogen-bond acceptors (Lipinski definition) is 9. The van der Waals surface area contributed by atoms with Crippen LogP contribution in [-0.4, -0.2) is 107 Å². The van der Waals surface area contributed by atoms with Gasteiger partial charge in [0, 0.05) is 78.0 Å². The van der Waals surface area contributed by atoms with E-state index in [-0.39, 0.29) is 6.61 Å². The Balaban J connectivity index is 0.000000188. The molecule has 4 aromatic rings. The zero-order chi connectivity index (χ0) is 37.5. The number of methoxy groups -OCH3 is 1. The van der Waals surface area contributed by atoms with Gasteiger partial charge in [-0.05, 0) is 87.6 Å². The van der Waals surface area contributed by atoms with Gasteiger partial charge in [-0.1, -0.05) is 54.7 Å². The summed E-state index contributed by atoms with van der Waals surface area (Å²) in [4.78, 5) is 15.9. The van der Waals surface area contributed by atoms with Crippen molar-refractivity contribution in [3.8, 4) is 5.75 Å². The topological polar surface area (TPSA) is 45.7 Å². The van der Waals surface area contributed by atoms with Gasteiger partial charge in [-0.15, -0.1) is 0 Å². The lowest BCUT2D eigenvalue weighted by atomic mass is 10.1. The van der Waals surface area contributed by atoms with Crippen molar-refractivity contribution in [3.63, 3.8) is 0 Å². The van der Waals surface area contributed by atoms with Crippen molar-refractivity contribution < 1.29 is 23.0 Å². The summed E-state index contributed by atoms with van der Waals surface area (Å²) >= 11 is 3.37. The summed E-state index contributed by atoms with van der Waals surface area (Å²) in [5.74, 6) is 1.48. The van der Waals surface area contributed by atoms with Gasteiger partial charge in [-0.2, -0.15) is 13.2 Å². The number of rotatable bonds is 11. The summed E-state index contributed by atoms with van der Waals surface area (Å²) in [5, 5.41) is 9.07. The quantitative estimate of drug-likeness (QED) is 0.162. The summed E-state index contributed by atoms with van der Waals surface area (Å²) in [7, 11) is 5.99. The predicted octanol–water partition coefficient (Wildman–Crippen LogP) is 8.80. The second-order valence-corrected chi connectivity index (χ2v) is 16.2. The maximum absolute atomic E-state index is 13.3. The van der Waals surface area contributed by atoms with Crippen LogP contribution in [0.2, 0.25) is 0 Å². The van der Waals surface area contributed by atoms with Crippen molar-refractivity contribution in [2.24, 2.45) is 5.92 Å². The number of aliphatic hydroxyl groups excluding tert-OH is 1. The van der Waals surface area contributed by atoms with Crippen LogP contribution in [0.1, 0.15) is 18.9 Å². The van der Waals surface area contributed by atoms with Crippen molar-refractivity contribution in [2.45, 2.75) is 39.1 Å². The van der Waals surface area contributed by atoms with Crippen LogP contribution in [0.3, 0.4) is 0 Å². The van der Waals surface area contributed by atoms with Crippen LogP contribution in [0.15, 0.2) is 105 Å². The monoisotopic (exact) mass is 765 g/mol. The first kappa shape index (κ1) is 39.3. The molecule has 53 heavy (non-hydrogen) atoms. The van der Waals surface area contributed by atoms with Gasteiger partial charge in [0.05, 0.1) is 42.0 Å². The second kappa shape index (κ2) is 17.8. The van der Waals surface area contributed by atoms with Crippen LogP contribution in [0, 0.1) is 5.92 Å². The minimum absolute atomic E-state index is 0.186. The first-order valence-electron chi connectivity index (χ1n) is 18.2. The molecule has 7 nitrogen and oxygen atoms in total. The number of alkyl halides is 3. The summed E-state index contributed by atoms with van der Waals surface area (Å²) in [5.41, 5.74) is 3.55. The molecule has 0 aliphatic carbocycles. The minimum atomic E-state index is -4.35. The van der Waals surface area contributed by atoms with E-state index in [1.54, 1.807) is 13.2 Å². The lowest BCUT2D eigenvalue weighted by Gasteiger charge is -2.36. The highest BCUT2D eigenvalue weighted by atomic mass is 32.2. The molecule has 0 bridgehead atoms.